The molecule has 12 heavy (non-hydrogen) atoms. The van der Waals surface area contributed by atoms with Crippen LogP contribution in [0.5, 0.6) is 0 Å². The van der Waals surface area contributed by atoms with Gasteiger partial charge in [0.05, 0.1) is 0 Å². The van der Waals surface area contributed by atoms with Crippen molar-refractivity contribution in [2.45, 2.75) is 40.0 Å². The second-order valence-electron chi connectivity index (χ2n) is 2.80. The summed E-state index contributed by atoms with van der Waals surface area (Å²) in [5.41, 5.74) is 0. The lowest BCUT2D eigenvalue weighted by Gasteiger charge is -2.29. The fourth-order valence-corrected chi connectivity index (χ4v) is 1.53. The lowest BCUT2D eigenvalue weighted by Crippen LogP contribution is -2.45. The molecule has 3 nitrogen and oxygen atoms in total. The normalized spacial score (nSPS) is 13.5. The van der Waals surface area contributed by atoms with Crippen LogP contribution in [0.4, 0.5) is 0 Å². The molecule has 0 aromatic rings. The van der Waals surface area contributed by atoms with Gasteiger partial charge in [-0.3, -0.25) is 0 Å². The van der Waals surface area contributed by atoms with Gasteiger partial charge in [0.25, 0.3) is 5.97 Å². The number of hydrogen-bond donors (Lipinski definition) is 3. The molecule has 0 unspecified atom stereocenters. The Labute approximate surface area is 99.8 Å². The monoisotopic (exact) mass is 400 g/mol. The first-order valence-electron chi connectivity index (χ1n) is 3.86. The fraction of sp³-hybridized carbons (Fsp3) is 1.00. The van der Waals surface area contributed by atoms with E-state index < -0.39 is 7.40 Å². The van der Waals surface area contributed by atoms with Crippen LogP contribution in [-0.2, 0) is 0 Å². The third-order valence-corrected chi connectivity index (χ3v) is 4.11. The van der Waals surface area contributed by atoms with Crippen LogP contribution in [0.25, 0.3) is 0 Å². The summed E-state index contributed by atoms with van der Waals surface area (Å²) in [5, 5.41) is 26.8. The Kier molecular flexibility index (Phi) is 5.87. The summed E-state index contributed by atoms with van der Waals surface area (Å²) in [6, 6.07) is 0. The standard InChI is InChI=1S/C7H14I2O3/c1-2-3-4-5-6(8,9)7(10,11)12/h10-12H,2-5H2,1H3. The highest BCUT2D eigenvalue weighted by Crippen LogP contribution is 2.40. The van der Waals surface area contributed by atoms with Gasteiger partial charge in [0.2, 0.25) is 0 Å². The molecule has 5 heteroatoms. The first-order valence-corrected chi connectivity index (χ1v) is 6.02. The molecule has 74 valence electrons. The number of unbranched alkanes of at least 4 members (excludes halogenated alkanes) is 2. The van der Waals surface area contributed by atoms with Crippen molar-refractivity contribution in [1.82, 2.24) is 0 Å². The molecule has 0 radical (unpaired) electrons. The largest absolute Gasteiger partial charge is 0.342 e. The molecule has 0 heterocycles. The lowest BCUT2D eigenvalue weighted by molar-refractivity contribution is -0.310. The van der Waals surface area contributed by atoms with Gasteiger partial charge >= 0.3 is 0 Å². The van der Waals surface area contributed by atoms with Gasteiger partial charge in [0.1, 0.15) is 0 Å². The molecule has 0 aliphatic heterocycles. The Balaban J connectivity index is 3.88. The quantitative estimate of drug-likeness (QED) is 0.286. The van der Waals surface area contributed by atoms with E-state index in [1.807, 2.05) is 45.2 Å². The van der Waals surface area contributed by atoms with Crippen LogP contribution >= 0.6 is 45.2 Å². The minimum absolute atomic E-state index is 0.589. The average molecular weight is 400 g/mol. The summed E-state index contributed by atoms with van der Waals surface area (Å²) in [7, 11) is 0. The maximum absolute atomic E-state index is 8.94. The van der Waals surface area contributed by atoms with Crippen LogP contribution in [0.15, 0.2) is 0 Å². The number of hydrogen-bond acceptors (Lipinski definition) is 3. The zero-order valence-electron chi connectivity index (χ0n) is 6.93. The third-order valence-electron chi connectivity index (χ3n) is 1.59. The van der Waals surface area contributed by atoms with Gasteiger partial charge in [0.15, 0.2) is 1.43 Å². The van der Waals surface area contributed by atoms with Crippen molar-refractivity contribution in [2.24, 2.45) is 0 Å². The Hall–Kier alpha value is 1.34. The molecule has 0 bridgehead atoms. The average Bonchev–Trinajstić information content (AvgIpc) is 1.85. The predicted molar refractivity (Wildman–Crippen MR) is 64.3 cm³/mol. The van der Waals surface area contributed by atoms with Crippen LogP contribution < -0.4 is 0 Å². The van der Waals surface area contributed by atoms with E-state index in [4.69, 9.17) is 15.3 Å². The summed E-state index contributed by atoms with van der Waals surface area (Å²) in [6.45, 7) is 2.08. The van der Waals surface area contributed by atoms with Crippen molar-refractivity contribution in [1.29, 1.82) is 0 Å². The minimum atomic E-state index is -2.58. The van der Waals surface area contributed by atoms with E-state index in [-0.39, 0.29) is 0 Å². The van der Waals surface area contributed by atoms with Crippen LogP contribution in [0.1, 0.15) is 32.6 Å². The molecule has 0 atom stereocenters. The predicted octanol–water partition coefficient (Wildman–Crippen LogP) is 1.76. The smallest absolute Gasteiger partial charge is 0.300 e. The van der Waals surface area contributed by atoms with Crippen LogP contribution in [-0.4, -0.2) is 22.7 Å². The van der Waals surface area contributed by atoms with Gasteiger partial charge < -0.3 is 15.3 Å². The first-order chi connectivity index (χ1) is 5.31. The maximum atomic E-state index is 8.94. The number of alkyl halides is 2. The summed E-state index contributed by atoms with van der Waals surface area (Å²) in [6.07, 6.45) is 3.61. The number of rotatable bonds is 5. The Morgan fingerprint density at radius 3 is 1.92 bits per heavy atom. The van der Waals surface area contributed by atoms with Crippen molar-refractivity contribution >= 4 is 45.2 Å². The highest BCUT2D eigenvalue weighted by Gasteiger charge is 2.43. The van der Waals surface area contributed by atoms with E-state index in [9.17, 15) is 0 Å². The van der Waals surface area contributed by atoms with Crippen molar-refractivity contribution in [3.05, 3.63) is 0 Å². The number of halogens is 2. The molecule has 0 saturated carbocycles. The molecule has 0 aliphatic carbocycles. The van der Waals surface area contributed by atoms with Crippen LogP contribution in [0.2, 0.25) is 0 Å². The molecule has 3 N–H and O–H groups in total. The van der Waals surface area contributed by atoms with Gasteiger partial charge in [-0.1, -0.05) is 71.4 Å². The summed E-state index contributed by atoms with van der Waals surface area (Å²) < 4.78 is -0.905. The zero-order valence-corrected chi connectivity index (χ0v) is 11.2. The van der Waals surface area contributed by atoms with Gasteiger partial charge in [-0.2, -0.15) is 0 Å². The minimum Gasteiger partial charge on any atom is -0.342 e. The van der Waals surface area contributed by atoms with Crippen molar-refractivity contribution < 1.29 is 15.3 Å². The summed E-state index contributed by atoms with van der Waals surface area (Å²) >= 11 is 3.72. The van der Waals surface area contributed by atoms with E-state index in [1.54, 1.807) is 0 Å². The van der Waals surface area contributed by atoms with Crippen LogP contribution in [0, 0.1) is 0 Å². The Morgan fingerprint density at radius 2 is 1.58 bits per heavy atom. The molecule has 0 aliphatic rings. The molecule has 0 rings (SSSR count). The van der Waals surface area contributed by atoms with Gasteiger partial charge in [-0.05, 0) is 6.42 Å². The zero-order chi connectivity index (χ0) is 9.83. The Bertz CT molecular complexity index is 131. The van der Waals surface area contributed by atoms with E-state index >= 15 is 0 Å². The molecule has 0 amide bonds. The van der Waals surface area contributed by atoms with E-state index in [1.165, 1.54) is 0 Å². The highest BCUT2D eigenvalue weighted by atomic mass is 127. The molecule has 0 fully saturated rings. The third kappa shape index (κ3) is 4.54. The first kappa shape index (κ1) is 13.3. The van der Waals surface area contributed by atoms with Crippen molar-refractivity contribution in [3.63, 3.8) is 0 Å². The number of aliphatic hydroxyl groups is 3. The highest BCUT2D eigenvalue weighted by molar-refractivity contribution is 14.2. The summed E-state index contributed by atoms with van der Waals surface area (Å²) in [5.74, 6) is -2.58. The Morgan fingerprint density at radius 1 is 1.08 bits per heavy atom. The lowest BCUT2D eigenvalue weighted by atomic mass is 10.1. The maximum Gasteiger partial charge on any atom is 0.300 e. The van der Waals surface area contributed by atoms with E-state index in [0.717, 1.165) is 19.3 Å². The van der Waals surface area contributed by atoms with Gasteiger partial charge in [-0.25, -0.2) is 0 Å². The second kappa shape index (κ2) is 5.28. The van der Waals surface area contributed by atoms with E-state index in [2.05, 4.69) is 6.92 Å². The topological polar surface area (TPSA) is 60.7 Å². The molecular weight excluding hydrogens is 386 g/mol. The second-order valence-corrected chi connectivity index (χ2v) is 8.54. The SMILES string of the molecule is CCCCCC(I)(I)C(O)(O)O. The summed E-state index contributed by atoms with van der Waals surface area (Å²) in [4.78, 5) is 0. The van der Waals surface area contributed by atoms with Gasteiger partial charge in [-0.15, -0.1) is 0 Å². The fourth-order valence-electron chi connectivity index (χ4n) is 0.765. The molecule has 0 spiro atoms. The molecule has 0 aromatic carbocycles. The molecule has 0 aromatic heterocycles. The van der Waals surface area contributed by atoms with Gasteiger partial charge in [0, 0.05) is 0 Å². The van der Waals surface area contributed by atoms with Crippen molar-refractivity contribution in [2.75, 3.05) is 0 Å². The molecule has 0 saturated heterocycles. The van der Waals surface area contributed by atoms with Crippen molar-refractivity contribution in [3.8, 4) is 0 Å². The van der Waals surface area contributed by atoms with E-state index in [0.29, 0.717) is 6.42 Å². The van der Waals surface area contributed by atoms with Crippen LogP contribution in [0.3, 0.4) is 0 Å². The molecular formula is C7H14I2O3.